The molecule has 1 unspecified atom stereocenters. The molecule has 5 heavy (non-hydrogen) atoms. The van der Waals surface area contributed by atoms with E-state index in [9.17, 15) is 0 Å². The van der Waals surface area contributed by atoms with Crippen LogP contribution in [0.5, 0.6) is 0 Å². The summed E-state index contributed by atoms with van der Waals surface area (Å²) in [6, 6.07) is 0. The fourth-order valence-corrected chi connectivity index (χ4v) is 0. The molecule has 0 heterocycles. The normalized spacial score (nSPS) is 15.0. The highest BCUT2D eigenvalue weighted by Crippen LogP contribution is 1.75. The summed E-state index contributed by atoms with van der Waals surface area (Å²) < 4.78 is 0. The minimum Gasteiger partial charge on any atom is -0.564 e. The van der Waals surface area contributed by atoms with Crippen LogP contribution in [0.15, 0.2) is 0 Å². The smallest absolute Gasteiger partial charge is 0.0490 e. The fraction of sp³-hybridized carbons (Fsp3) is 0.667. The van der Waals surface area contributed by atoms with Crippen molar-refractivity contribution in [3.8, 4) is 0 Å². The summed E-state index contributed by atoms with van der Waals surface area (Å²) in [5.41, 5.74) is 0. The van der Waals surface area contributed by atoms with Crippen LogP contribution in [-0.4, -0.2) is 16.3 Å². The van der Waals surface area contributed by atoms with Gasteiger partial charge in [0, 0.05) is 0 Å². The lowest BCUT2D eigenvalue weighted by Crippen LogP contribution is -1.96. The number of aliphatic hydroxyl groups is 2. The molecule has 2 N–H and O–H groups in total. The molecule has 0 saturated carbocycles. The number of hydrogen-bond donors (Lipinski definition) is 2. The van der Waals surface area contributed by atoms with Crippen molar-refractivity contribution in [2.75, 3.05) is 0 Å². The van der Waals surface area contributed by atoms with Gasteiger partial charge in [-0.1, -0.05) is 6.92 Å². The predicted molar refractivity (Wildman–Crippen MR) is 17.9 cm³/mol. The second kappa shape index (κ2) is 2.18. The quantitative estimate of drug-likeness (QED) is 0.427. The van der Waals surface area contributed by atoms with Crippen LogP contribution < -0.4 is 0 Å². The van der Waals surface area contributed by atoms with Gasteiger partial charge in [0.1, 0.15) is 0 Å². The predicted octanol–water partition coefficient (Wildman–Crippen LogP) is -0.0985. The van der Waals surface area contributed by atoms with Gasteiger partial charge in [-0.2, -0.15) is 6.61 Å². The van der Waals surface area contributed by atoms with Gasteiger partial charge in [0.2, 0.25) is 0 Å². The lowest BCUT2D eigenvalue weighted by atomic mass is 10.5. The zero-order valence-corrected chi connectivity index (χ0v) is 3.05. The summed E-state index contributed by atoms with van der Waals surface area (Å²) in [6.45, 7) is 2.19. The second-order valence-corrected chi connectivity index (χ2v) is 0.890. The first-order valence-corrected chi connectivity index (χ1v) is 1.43. The van der Waals surface area contributed by atoms with E-state index in [1.165, 1.54) is 6.92 Å². The molecule has 32 valence electrons. The third-order valence-electron chi connectivity index (χ3n) is 0.216. The molecule has 0 aliphatic heterocycles. The fourth-order valence-electron chi connectivity index (χ4n) is 0. The van der Waals surface area contributed by atoms with Crippen LogP contribution in [0.4, 0.5) is 0 Å². The Morgan fingerprint density at radius 1 is 1.80 bits per heavy atom. The summed E-state index contributed by atoms with van der Waals surface area (Å²) in [5.74, 6) is 0. The molecule has 1 atom stereocenters. The van der Waals surface area contributed by atoms with Crippen LogP contribution in [0, 0.1) is 6.61 Å². The van der Waals surface area contributed by atoms with Gasteiger partial charge in [-0.3, -0.25) is 0 Å². The standard InChI is InChI=1S/C3H7O2/c1-3(5)2-4/h2-5H,1H3/q-1. The van der Waals surface area contributed by atoms with E-state index >= 15 is 0 Å². The van der Waals surface area contributed by atoms with Crippen LogP contribution in [0.1, 0.15) is 6.92 Å². The van der Waals surface area contributed by atoms with Crippen molar-refractivity contribution in [3.05, 3.63) is 6.61 Å². The first-order chi connectivity index (χ1) is 2.27. The van der Waals surface area contributed by atoms with Crippen LogP contribution in [0.2, 0.25) is 0 Å². The minimum atomic E-state index is -0.685. The molecule has 0 radical (unpaired) electrons. The Labute approximate surface area is 31.1 Å². The molecule has 0 aliphatic carbocycles. The molecule has 0 aromatic rings. The number of hydrogen-bond acceptors (Lipinski definition) is 2. The summed E-state index contributed by atoms with van der Waals surface area (Å²) >= 11 is 0. The zero-order chi connectivity index (χ0) is 4.28. The molecule has 0 amide bonds. The molecular formula is C3H7O2-. The minimum absolute atomic E-state index is 0.685. The molecule has 2 heteroatoms. The first kappa shape index (κ1) is 4.92. The van der Waals surface area contributed by atoms with Crippen LogP contribution >= 0.6 is 0 Å². The van der Waals surface area contributed by atoms with Crippen molar-refractivity contribution in [1.29, 1.82) is 0 Å². The Morgan fingerprint density at radius 2 is 2.00 bits per heavy atom. The average molecular weight is 75.1 g/mol. The number of aliphatic hydroxyl groups excluding tert-OH is 2. The maximum absolute atomic E-state index is 8.06. The van der Waals surface area contributed by atoms with Gasteiger partial charge in [-0.25, -0.2) is 0 Å². The first-order valence-electron chi connectivity index (χ1n) is 1.43. The zero-order valence-electron chi connectivity index (χ0n) is 3.05. The van der Waals surface area contributed by atoms with Gasteiger partial charge >= 0.3 is 0 Å². The van der Waals surface area contributed by atoms with E-state index in [-0.39, 0.29) is 0 Å². The largest absolute Gasteiger partial charge is 0.564 e. The van der Waals surface area contributed by atoms with Crippen molar-refractivity contribution >= 4 is 0 Å². The Morgan fingerprint density at radius 3 is 2.00 bits per heavy atom. The lowest BCUT2D eigenvalue weighted by molar-refractivity contribution is 0.161. The molecule has 0 bridgehead atoms. The molecular weight excluding hydrogens is 68.0 g/mol. The van der Waals surface area contributed by atoms with Crippen molar-refractivity contribution < 1.29 is 10.2 Å². The number of rotatable bonds is 1. The maximum atomic E-state index is 8.06. The van der Waals surface area contributed by atoms with E-state index in [0.29, 0.717) is 0 Å². The SMILES string of the molecule is CC(O)[CH-]O. The average Bonchev–Trinajstić information content (AvgIpc) is 1.38. The lowest BCUT2D eigenvalue weighted by Gasteiger charge is -2.03. The molecule has 0 aliphatic rings. The molecule has 0 spiro atoms. The van der Waals surface area contributed by atoms with Gasteiger partial charge in [-0.15, -0.1) is 0 Å². The highest BCUT2D eigenvalue weighted by molar-refractivity contribution is 4.51. The molecule has 0 rings (SSSR count). The highest BCUT2D eigenvalue weighted by atomic mass is 16.3. The van der Waals surface area contributed by atoms with E-state index in [4.69, 9.17) is 10.2 Å². The van der Waals surface area contributed by atoms with E-state index in [1.807, 2.05) is 0 Å². The van der Waals surface area contributed by atoms with Crippen molar-refractivity contribution in [1.82, 2.24) is 0 Å². The Balaban J connectivity index is 2.54. The summed E-state index contributed by atoms with van der Waals surface area (Å²) in [4.78, 5) is 0. The highest BCUT2D eigenvalue weighted by Gasteiger charge is 1.69. The summed E-state index contributed by atoms with van der Waals surface area (Å²) in [5, 5.41) is 15.8. The van der Waals surface area contributed by atoms with Crippen LogP contribution in [0.3, 0.4) is 0 Å². The Kier molecular flexibility index (Phi) is 2.14. The third kappa shape index (κ3) is 3.92. The van der Waals surface area contributed by atoms with Crippen molar-refractivity contribution in [3.63, 3.8) is 0 Å². The second-order valence-electron chi connectivity index (χ2n) is 0.890. The Hall–Kier alpha value is -0.0800. The van der Waals surface area contributed by atoms with Crippen LogP contribution in [-0.2, 0) is 0 Å². The van der Waals surface area contributed by atoms with Gasteiger partial charge in [0.05, 0.1) is 0 Å². The monoisotopic (exact) mass is 75.0 g/mol. The van der Waals surface area contributed by atoms with Gasteiger partial charge < -0.3 is 10.2 Å². The third-order valence-corrected chi connectivity index (χ3v) is 0.216. The van der Waals surface area contributed by atoms with E-state index in [2.05, 4.69) is 0 Å². The van der Waals surface area contributed by atoms with Crippen molar-refractivity contribution in [2.24, 2.45) is 0 Å². The summed E-state index contributed by atoms with van der Waals surface area (Å²) in [6.07, 6.45) is -0.685. The van der Waals surface area contributed by atoms with Gasteiger partial charge in [-0.05, 0) is 6.10 Å². The van der Waals surface area contributed by atoms with E-state index in [0.717, 1.165) is 6.61 Å². The molecule has 2 nitrogen and oxygen atoms in total. The van der Waals surface area contributed by atoms with Gasteiger partial charge in [0.15, 0.2) is 0 Å². The van der Waals surface area contributed by atoms with Gasteiger partial charge in [0.25, 0.3) is 0 Å². The molecule has 0 aromatic heterocycles. The van der Waals surface area contributed by atoms with E-state index < -0.39 is 6.10 Å². The molecule has 0 saturated heterocycles. The topological polar surface area (TPSA) is 40.5 Å². The Bertz CT molecular complexity index is 18.9. The van der Waals surface area contributed by atoms with Crippen molar-refractivity contribution in [2.45, 2.75) is 13.0 Å². The summed E-state index contributed by atoms with van der Waals surface area (Å²) in [7, 11) is 0. The maximum Gasteiger partial charge on any atom is -0.0490 e. The van der Waals surface area contributed by atoms with Crippen LogP contribution in [0.25, 0.3) is 0 Å². The molecule has 0 aromatic carbocycles. The molecule has 0 fully saturated rings. The van der Waals surface area contributed by atoms with E-state index in [1.54, 1.807) is 0 Å².